The molecule has 1 rings (SSSR count). The third-order valence-electron chi connectivity index (χ3n) is 1.95. The van der Waals surface area contributed by atoms with Crippen LogP contribution in [0.2, 0.25) is 0 Å². The van der Waals surface area contributed by atoms with Crippen molar-refractivity contribution in [1.29, 1.82) is 0 Å². The molecule has 5 nitrogen and oxygen atoms in total. The summed E-state index contributed by atoms with van der Waals surface area (Å²) in [6, 6.07) is -0.278. The molecule has 0 bridgehead atoms. The number of rotatable bonds is 4. The number of thiazole rings is 1. The third kappa shape index (κ3) is 3.67. The molecule has 0 radical (unpaired) electrons. The van der Waals surface area contributed by atoms with Gasteiger partial charge in [0.2, 0.25) is 4.34 Å². The number of hydrogen-bond acceptors (Lipinski definition) is 5. The highest BCUT2D eigenvalue weighted by molar-refractivity contribution is 7.91. The SMILES string of the molecule is Cc1nc(S(=O)(=O)N[C@H](C)CN)sc1C.Cl. The van der Waals surface area contributed by atoms with Gasteiger partial charge in [-0.25, -0.2) is 18.1 Å². The smallest absolute Gasteiger partial charge is 0.268 e. The lowest BCUT2D eigenvalue weighted by atomic mass is 10.4. The Kier molecular flexibility index (Phi) is 5.85. The second kappa shape index (κ2) is 5.92. The molecule has 3 N–H and O–H groups in total. The van der Waals surface area contributed by atoms with E-state index >= 15 is 0 Å². The Balaban J connectivity index is 0.00000225. The van der Waals surface area contributed by atoms with Crippen LogP contribution >= 0.6 is 23.7 Å². The molecule has 0 fully saturated rings. The van der Waals surface area contributed by atoms with Crippen molar-refractivity contribution in [3.05, 3.63) is 10.6 Å². The number of aryl methyl sites for hydroxylation is 2. The van der Waals surface area contributed by atoms with Gasteiger partial charge in [0.15, 0.2) is 0 Å². The van der Waals surface area contributed by atoms with Gasteiger partial charge in [0.25, 0.3) is 10.0 Å². The van der Waals surface area contributed by atoms with E-state index in [9.17, 15) is 8.42 Å². The van der Waals surface area contributed by atoms with E-state index < -0.39 is 10.0 Å². The molecule has 16 heavy (non-hydrogen) atoms. The van der Waals surface area contributed by atoms with E-state index in [2.05, 4.69) is 9.71 Å². The highest BCUT2D eigenvalue weighted by atomic mass is 35.5. The van der Waals surface area contributed by atoms with E-state index in [1.165, 1.54) is 11.3 Å². The fraction of sp³-hybridized carbons (Fsp3) is 0.625. The maximum absolute atomic E-state index is 11.7. The summed E-state index contributed by atoms with van der Waals surface area (Å²) in [4.78, 5) is 4.91. The largest absolute Gasteiger partial charge is 0.329 e. The van der Waals surface area contributed by atoms with Gasteiger partial charge in [-0.3, -0.25) is 0 Å². The molecule has 8 heteroatoms. The van der Waals surface area contributed by atoms with Crippen LogP contribution in [0.15, 0.2) is 4.34 Å². The molecule has 94 valence electrons. The van der Waals surface area contributed by atoms with Crippen LogP contribution in [0.25, 0.3) is 0 Å². The molecular formula is C8H16ClN3O2S2. The van der Waals surface area contributed by atoms with Crippen molar-refractivity contribution in [1.82, 2.24) is 9.71 Å². The van der Waals surface area contributed by atoms with E-state index in [-0.39, 0.29) is 29.3 Å². The van der Waals surface area contributed by atoms with Crippen LogP contribution in [0.3, 0.4) is 0 Å². The van der Waals surface area contributed by atoms with Crippen molar-refractivity contribution in [2.45, 2.75) is 31.2 Å². The van der Waals surface area contributed by atoms with Gasteiger partial charge in [-0.15, -0.1) is 23.7 Å². The first-order valence-corrected chi connectivity index (χ1v) is 6.83. The molecule has 1 heterocycles. The van der Waals surface area contributed by atoms with Gasteiger partial charge < -0.3 is 5.73 Å². The molecule has 0 saturated heterocycles. The van der Waals surface area contributed by atoms with Gasteiger partial charge in [0.1, 0.15) is 0 Å². The van der Waals surface area contributed by atoms with E-state index in [1.54, 1.807) is 13.8 Å². The lowest BCUT2D eigenvalue weighted by molar-refractivity contribution is 0.561. The molecule has 0 aliphatic heterocycles. The number of nitrogens with two attached hydrogens (primary N) is 1. The van der Waals surface area contributed by atoms with Crippen LogP contribution in [0.4, 0.5) is 0 Å². The topological polar surface area (TPSA) is 85.1 Å². The predicted octanol–water partition coefficient (Wildman–Crippen LogP) is 0.807. The van der Waals surface area contributed by atoms with Crippen molar-refractivity contribution in [3.63, 3.8) is 0 Å². The van der Waals surface area contributed by atoms with Crippen LogP contribution in [0.5, 0.6) is 0 Å². The van der Waals surface area contributed by atoms with Crippen molar-refractivity contribution in [2.24, 2.45) is 5.73 Å². The van der Waals surface area contributed by atoms with E-state index in [0.717, 1.165) is 10.6 Å². The molecule has 0 spiro atoms. The van der Waals surface area contributed by atoms with Crippen molar-refractivity contribution in [3.8, 4) is 0 Å². The van der Waals surface area contributed by atoms with Crippen LogP contribution < -0.4 is 10.5 Å². The van der Waals surface area contributed by atoms with Gasteiger partial charge in [-0.2, -0.15) is 0 Å². The first kappa shape index (κ1) is 15.8. The molecule has 0 unspecified atom stereocenters. The number of nitrogens with one attached hydrogen (secondary N) is 1. The second-order valence-electron chi connectivity index (χ2n) is 3.38. The van der Waals surface area contributed by atoms with Crippen LogP contribution in [-0.2, 0) is 10.0 Å². The highest BCUT2D eigenvalue weighted by Crippen LogP contribution is 2.20. The standard InChI is InChI=1S/C8H15N3O2S2.ClH/c1-5(4-9)11-15(12,13)8-10-6(2)7(3)14-8;/h5,11H,4,9H2,1-3H3;1H/t5-;/m1./s1. The molecule has 0 aliphatic carbocycles. The van der Waals surface area contributed by atoms with E-state index in [0.29, 0.717) is 0 Å². The Morgan fingerprint density at radius 3 is 2.44 bits per heavy atom. The van der Waals surface area contributed by atoms with Gasteiger partial charge in [0.05, 0.1) is 5.69 Å². The summed E-state index contributed by atoms with van der Waals surface area (Å²) in [6.07, 6.45) is 0. The first-order valence-electron chi connectivity index (χ1n) is 4.53. The molecule has 1 aromatic rings. The molecule has 0 amide bonds. The third-order valence-corrected chi connectivity index (χ3v) is 4.99. The van der Waals surface area contributed by atoms with Crippen LogP contribution in [-0.4, -0.2) is 26.0 Å². The van der Waals surface area contributed by atoms with E-state index in [4.69, 9.17) is 5.73 Å². The molecule has 1 aromatic heterocycles. The molecule has 0 aromatic carbocycles. The minimum Gasteiger partial charge on any atom is -0.329 e. The monoisotopic (exact) mass is 285 g/mol. The Hall–Kier alpha value is -0.210. The van der Waals surface area contributed by atoms with E-state index in [1.807, 2.05) is 6.92 Å². The summed E-state index contributed by atoms with van der Waals surface area (Å²) in [5.41, 5.74) is 6.10. The molecule has 0 saturated carbocycles. The summed E-state index contributed by atoms with van der Waals surface area (Å²) in [5, 5.41) is 0. The van der Waals surface area contributed by atoms with Crippen molar-refractivity contribution >= 4 is 33.8 Å². The Bertz CT molecular complexity index is 425. The van der Waals surface area contributed by atoms with Gasteiger partial charge >= 0.3 is 0 Å². The van der Waals surface area contributed by atoms with Gasteiger partial charge in [-0.05, 0) is 20.8 Å². The minimum absolute atomic E-state index is 0. The quantitative estimate of drug-likeness (QED) is 0.857. The van der Waals surface area contributed by atoms with Gasteiger partial charge in [-0.1, -0.05) is 0 Å². The average molecular weight is 286 g/mol. The Morgan fingerprint density at radius 1 is 1.50 bits per heavy atom. The normalized spacial score (nSPS) is 13.2. The van der Waals surface area contributed by atoms with Crippen molar-refractivity contribution in [2.75, 3.05) is 6.54 Å². The zero-order chi connectivity index (χ0) is 11.6. The van der Waals surface area contributed by atoms with Gasteiger partial charge in [0, 0.05) is 17.5 Å². The first-order chi connectivity index (χ1) is 6.86. The van der Waals surface area contributed by atoms with Crippen molar-refractivity contribution < 1.29 is 8.42 Å². The Morgan fingerprint density at radius 2 is 2.06 bits per heavy atom. The number of nitrogens with zero attached hydrogens (tertiary/aromatic N) is 1. The summed E-state index contributed by atoms with van der Waals surface area (Å²) in [7, 11) is -3.50. The number of aromatic nitrogens is 1. The summed E-state index contributed by atoms with van der Waals surface area (Å²) in [5.74, 6) is 0. The number of hydrogen-bond donors (Lipinski definition) is 2. The van der Waals surface area contributed by atoms with Crippen LogP contribution in [0.1, 0.15) is 17.5 Å². The number of halogens is 1. The lowest BCUT2D eigenvalue weighted by Crippen LogP contribution is -2.37. The number of sulfonamides is 1. The zero-order valence-corrected chi connectivity index (χ0v) is 11.8. The molecule has 0 aliphatic rings. The fourth-order valence-corrected chi connectivity index (χ4v) is 3.50. The maximum Gasteiger partial charge on any atom is 0.268 e. The van der Waals surface area contributed by atoms with Crippen LogP contribution in [0, 0.1) is 13.8 Å². The average Bonchev–Trinajstić information content (AvgIpc) is 2.47. The molecular weight excluding hydrogens is 270 g/mol. The highest BCUT2D eigenvalue weighted by Gasteiger charge is 2.21. The fourth-order valence-electron chi connectivity index (χ4n) is 0.922. The predicted molar refractivity (Wildman–Crippen MR) is 67.7 cm³/mol. The summed E-state index contributed by atoms with van der Waals surface area (Å²) in [6.45, 7) is 5.61. The zero-order valence-electron chi connectivity index (χ0n) is 9.35. The summed E-state index contributed by atoms with van der Waals surface area (Å²) < 4.78 is 26.1. The molecule has 1 atom stereocenters. The Labute approximate surface area is 106 Å². The second-order valence-corrected chi connectivity index (χ2v) is 6.47. The minimum atomic E-state index is -3.50. The summed E-state index contributed by atoms with van der Waals surface area (Å²) >= 11 is 1.17. The lowest BCUT2D eigenvalue weighted by Gasteiger charge is -2.09. The maximum atomic E-state index is 11.7.